The number of nitrogens with zero attached hydrogens (tertiary/aromatic N) is 2. The Bertz CT molecular complexity index is 974. The van der Waals surface area contributed by atoms with Gasteiger partial charge in [-0.1, -0.05) is 23.2 Å². The standard InChI is InChI=1S/C20H17Cl2IN2/c1-12-8-17(5-7-20(12)23)25-13(2)9-15(14(25)3)11-24-16-4-6-18(21)19(22)10-16/h4-11H,1-3H3. The second-order valence-corrected chi connectivity index (χ2v) is 7.93. The van der Waals surface area contributed by atoms with Gasteiger partial charge in [-0.05, 0) is 91.4 Å². The van der Waals surface area contributed by atoms with Gasteiger partial charge in [-0.2, -0.15) is 0 Å². The molecule has 2 aromatic carbocycles. The second kappa shape index (κ2) is 7.52. The van der Waals surface area contributed by atoms with Crippen molar-refractivity contribution in [2.45, 2.75) is 20.8 Å². The highest BCUT2D eigenvalue weighted by Gasteiger charge is 2.10. The van der Waals surface area contributed by atoms with E-state index < -0.39 is 0 Å². The molecule has 0 aliphatic rings. The van der Waals surface area contributed by atoms with Crippen molar-refractivity contribution in [1.29, 1.82) is 0 Å². The van der Waals surface area contributed by atoms with E-state index in [1.165, 1.54) is 20.5 Å². The Morgan fingerprint density at radius 2 is 1.72 bits per heavy atom. The fourth-order valence-corrected chi connectivity index (χ4v) is 3.42. The molecule has 0 fully saturated rings. The van der Waals surface area contributed by atoms with Gasteiger partial charge in [0, 0.05) is 32.4 Å². The minimum atomic E-state index is 0.510. The van der Waals surface area contributed by atoms with Gasteiger partial charge < -0.3 is 4.57 Å². The van der Waals surface area contributed by atoms with Gasteiger partial charge in [-0.3, -0.25) is 4.99 Å². The van der Waals surface area contributed by atoms with Crippen LogP contribution in [0.1, 0.15) is 22.5 Å². The van der Waals surface area contributed by atoms with Gasteiger partial charge in [-0.15, -0.1) is 0 Å². The van der Waals surface area contributed by atoms with Crippen molar-refractivity contribution in [3.8, 4) is 5.69 Å². The summed E-state index contributed by atoms with van der Waals surface area (Å²) in [6, 6.07) is 14.0. The van der Waals surface area contributed by atoms with Crippen molar-refractivity contribution in [3.05, 3.63) is 78.6 Å². The fraction of sp³-hybridized carbons (Fsp3) is 0.150. The van der Waals surface area contributed by atoms with E-state index in [0.29, 0.717) is 10.0 Å². The van der Waals surface area contributed by atoms with Crippen LogP contribution in [0.5, 0.6) is 0 Å². The van der Waals surface area contributed by atoms with Gasteiger partial charge in [0.2, 0.25) is 0 Å². The molecule has 5 heteroatoms. The molecule has 0 aliphatic heterocycles. The van der Waals surface area contributed by atoms with E-state index in [9.17, 15) is 0 Å². The normalized spacial score (nSPS) is 11.4. The smallest absolute Gasteiger partial charge is 0.0645 e. The Labute approximate surface area is 171 Å². The highest BCUT2D eigenvalue weighted by molar-refractivity contribution is 14.1. The molecule has 0 N–H and O–H groups in total. The Balaban J connectivity index is 1.97. The predicted molar refractivity (Wildman–Crippen MR) is 116 cm³/mol. The molecular weight excluding hydrogens is 466 g/mol. The summed E-state index contributed by atoms with van der Waals surface area (Å²) in [5, 5.41) is 1.05. The van der Waals surface area contributed by atoms with E-state index in [0.717, 1.165) is 16.9 Å². The fourth-order valence-electron chi connectivity index (χ4n) is 2.79. The van der Waals surface area contributed by atoms with Crippen LogP contribution < -0.4 is 0 Å². The van der Waals surface area contributed by atoms with E-state index >= 15 is 0 Å². The topological polar surface area (TPSA) is 17.3 Å². The third kappa shape index (κ3) is 3.94. The molecule has 1 aromatic heterocycles. The second-order valence-electron chi connectivity index (χ2n) is 5.95. The molecule has 0 amide bonds. The summed E-state index contributed by atoms with van der Waals surface area (Å²) in [5.41, 5.74) is 6.64. The van der Waals surface area contributed by atoms with Crippen molar-refractivity contribution in [2.75, 3.05) is 0 Å². The third-order valence-corrected chi connectivity index (χ3v) is 6.08. The lowest BCUT2D eigenvalue weighted by molar-refractivity contribution is 0.962. The molecule has 0 bridgehead atoms. The average Bonchev–Trinajstić information content (AvgIpc) is 2.85. The molecular formula is C20H17Cl2IN2. The van der Waals surface area contributed by atoms with Gasteiger partial charge in [0.1, 0.15) is 0 Å². The lowest BCUT2D eigenvalue weighted by atomic mass is 10.2. The summed E-state index contributed by atoms with van der Waals surface area (Å²) in [4.78, 5) is 4.54. The molecule has 0 aliphatic carbocycles. The van der Waals surface area contributed by atoms with Crippen molar-refractivity contribution in [3.63, 3.8) is 0 Å². The molecule has 128 valence electrons. The third-order valence-electron chi connectivity index (χ3n) is 4.13. The first-order valence-corrected chi connectivity index (χ1v) is 9.65. The van der Waals surface area contributed by atoms with Crippen LogP contribution in [0.3, 0.4) is 0 Å². The molecule has 0 atom stereocenters. The maximum absolute atomic E-state index is 6.05. The van der Waals surface area contributed by atoms with Crippen LogP contribution in [-0.2, 0) is 0 Å². The van der Waals surface area contributed by atoms with Crippen LogP contribution >= 0.6 is 45.8 Å². The van der Waals surface area contributed by atoms with Gasteiger partial charge in [0.15, 0.2) is 0 Å². The minimum Gasteiger partial charge on any atom is -0.318 e. The van der Waals surface area contributed by atoms with Gasteiger partial charge in [0.05, 0.1) is 15.7 Å². The molecule has 0 radical (unpaired) electrons. The highest BCUT2D eigenvalue weighted by atomic mass is 127. The van der Waals surface area contributed by atoms with Gasteiger partial charge >= 0.3 is 0 Å². The Morgan fingerprint density at radius 3 is 2.40 bits per heavy atom. The number of aliphatic imine (C=N–C) groups is 1. The SMILES string of the molecule is Cc1cc(-n2c(C)cc(C=Nc3ccc(Cl)c(Cl)c3)c2C)ccc1I. The van der Waals surface area contributed by atoms with Crippen molar-refractivity contribution < 1.29 is 0 Å². The molecule has 0 saturated heterocycles. The molecule has 0 unspecified atom stereocenters. The Morgan fingerprint density at radius 1 is 0.960 bits per heavy atom. The van der Waals surface area contributed by atoms with Crippen LogP contribution in [0.4, 0.5) is 5.69 Å². The molecule has 3 aromatic rings. The summed E-state index contributed by atoms with van der Waals surface area (Å²) in [5.74, 6) is 0. The summed E-state index contributed by atoms with van der Waals surface area (Å²) < 4.78 is 3.52. The number of halogens is 3. The number of rotatable bonds is 3. The lowest BCUT2D eigenvalue weighted by Gasteiger charge is -2.11. The molecule has 0 saturated carbocycles. The van der Waals surface area contributed by atoms with Gasteiger partial charge in [-0.25, -0.2) is 0 Å². The van der Waals surface area contributed by atoms with Crippen molar-refractivity contribution >= 4 is 57.7 Å². The van der Waals surface area contributed by atoms with Gasteiger partial charge in [0.25, 0.3) is 0 Å². The molecule has 2 nitrogen and oxygen atoms in total. The predicted octanol–water partition coefficient (Wildman–Crippen LogP) is 7.06. The maximum Gasteiger partial charge on any atom is 0.0645 e. The minimum absolute atomic E-state index is 0.510. The zero-order chi connectivity index (χ0) is 18.1. The van der Waals surface area contributed by atoms with E-state index in [1.54, 1.807) is 12.1 Å². The monoisotopic (exact) mass is 482 g/mol. The summed E-state index contributed by atoms with van der Waals surface area (Å²) >= 11 is 14.4. The average molecular weight is 483 g/mol. The van der Waals surface area contributed by atoms with E-state index in [2.05, 4.69) is 77.2 Å². The molecule has 25 heavy (non-hydrogen) atoms. The van der Waals surface area contributed by atoms with E-state index in [-0.39, 0.29) is 0 Å². The Hall–Kier alpha value is -1.30. The summed E-state index contributed by atoms with van der Waals surface area (Å²) in [6.07, 6.45) is 1.87. The quantitative estimate of drug-likeness (QED) is 0.280. The molecule has 1 heterocycles. The van der Waals surface area contributed by atoms with Crippen LogP contribution in [0.2, 0.25) is 10.0 Å². The zero-order valence-electron chi connectivity index (χ0n) is 14.1. The first-order valence-electron chi connectivity index (χ1n) is 7.81. The van der Waals surface area contributed by atoms with Crippen molar-refractivity contribution in [1.82, 2.24) is 4.57 Å². The van der Waals surface area contributed by atoms with E-state index in [4.69, 9.17) is 23.2 Å². The maximum atomic E-state index is 6.05. The first kappa shape index (κ1) is 18.5. The number of hydrogen-bond donors (Lipinski definition) is 0. The number of hydrogen-bond acceptors (Lipinski definition) is 1. The molecule has 0 spiro atoms. The molecule has 3 rings (SSSR count). The van der Waals surface area contributed by atoms with Crippen LogP contribution in [0, 0.1) is 24.3 Å². The van der Waals surface area contributed by atoms with Crippen LogP contribution in [0.15, 0.2) is 47.5 Å². The van der Waals surface area contributed by atoms with Crippen molar-refractivity contribution in [2.24, 2.45) is 4.99 Å². The van der Waals surface area contributed by atoms with Crippen LogP contribution in [-0.4, -0.2) is 10.8 Å². The highest BCUT2D eigenvalue weighted by Crippen LogP contribution is 2.27. The summed E-state index contributed by atoms with van der Waals surface area (Å²) in [7, 11) is 0. The largest absolute Gasteiger partial charge is 0.318 e. The summed E-state index contributed by atoms with van der Waals surface area (Å²) in [6.45, 7) is 6.35. The van der Waals surface area contributed by atoms with Crippen LogP contribution in [0.25, 0.3) is 5.69 Å². The first-order chi connectivity index (χ1) is 11.9. The van der Waals surface area contributed by atoms with E-state index in [1.807, 2.05) is 12.3 Å². The number of aryl methyl sites for hydroxylation is 2. The zero-order valence-corrected chi connectivity index (χ0v) is 17.8. The number of benzene rings is 2. The number of aromatic nitrogens is 1. The lowest BCUT2D eigenvalue weighted by Crippen LogP contribution is -2.00. The Kier molecular flexibility index (Phi) is 5.56.